The maximum absolute atomic E-state index is 6.32. The monoisotopic (exact) mass is 376 g/mol. The lowest BCUT2D eigenvalue weighted by molar-refractivity contribution is 0.755. The third-order valence-corrected chi connectivity index (χ3v) is 6.28. The van der Waals surface area contributed by atoms with E-state index in [1.54, 1.807) is 0 Å². The number of nitrogens with two attached hydrogens (primary N) is 2. The normalized spacial score (nSPS) is 13.7. The van der Waals surface area contributed by atoms with Gasteiger partial charge < -0.3 is 11.5 Å². The van der Waals surface area contributed by atoms with Crippen molar-refractivity contribution in [3.8, 4) is 11.1 Å². The van der Waals surface area contributed by atoms with Gasteiger partial charge in [0.25, 0.3) is 0 Å². The molecule has 0 saturated carbocycles. The quantitative estimate of drug-likeness (QED) is 0.381. The van der Waals surface area contributed by atoms with Crippen LogP contribution in [0, 0.1) is 13.8 Å². The van der Waals surface area contributed by atoms with Gasteiger partial charge in [-0.1, -0.05) is 60.7 Å². The summed E-state index contributed by atoms with van der Waals surface area (Å²) in [6.45, 7) is 4.34. The molecular formula is C27H24N2. The van der Waals surface area contributed by atoms with Gasteiger partial charge in [-0.25, -0.2) is 0 Å². The van der Waals surface area contributed by atoms with Crippen LogP contribution in [0.1, 0.15) is 33.4 Å². The molecule has 0 bridgehead atoms. The van der Waals surface area contributed by atoms with E-state index in [9.17, 15) is 0 Å². The second-order valence-corrected chi connectivity index (χ2v) is 7.99. The summed E-state index contributed by atoms with van der Waals surface area (Å²) in [6.07, 6.45) is 0. The summed E-state index contributed by atoms with van der Waals surface area (Å²) in [5.74, 6) is 0. The van der Waals surface area contributed by atoms with Gasteiger partial charge in [0.2, 0.25) is 0 Å². The molecule has 0 fully saturated rings. The molecular weight excluding hydrogens is 352 g/mol. The van der Waals surface area contributed by atoms with Crippen molar-refractivity contribution in [1.29, 1.82) is 0 Å². The van der Waals surface area contributed by atoms with Crippen LogP contribution in [0.25, 0.3) is 11.1 Å². The van der Waals surface area contributed by atoms with E-state index >= 15 is 0 Å². The molecule has 0 unspecified atom stereocenters. The van der Waals surface area contributed by atoms with E-state index in [1.165, 1.54) is 44.5 Å². The molecule has 0 amide bonds. The van der Waals surface area contributed by atoms with Gasteiger partial charge in [0.1, 0.15) is 0 Å². The molecule has 0 aliphatic heterocycles. The average Bonchev–Trinajstić information content (AvgIpc) is 3.03. The summed E-state index contributed by atoms with van der Waals surface area (Å²) in [4.78, 5) is 0. The number of rotatable bonds is 2. The van der Waals surface area contributed by atoms with Crippen LogP contribution >= 0.6 is 0 Å². The van der Waals surface area contributed by atoms with Gasteiger partial charge >= 0.3 is 0 Å². The molecule has 4 aromatic carbocycles. The minimum atomic E-state index is -0.452. The van der Waals surface area contributed by atoms with E-state index in [4.69, 9.17) is 11.5 Å². The van der Waals surface area contributed by atoms with E-state index in [2.05, 4.69) is 86.6 Å². The van der Waals surface area contributed by atoms with Gasteiger partial charge in [-0.3, -0.25) is 0 Å². The Labute approximate surface area is 171 Å². The molecule has 29 heavy (non-hydrogen) atoms. The summed E-state index contributed by atoms with van der Waals surface area (Å²) < 4.78 is 0. The first-order valence-electron chi connectivity index (χ1n) is 9.96. The van der Waals surface area contributed by atoms with Crippen LogP contribution in [0.5, 0.6) is 0 Å². The van der Waals surface area contributed by atoms with Crippen LogP contribution in [0.2, 0.25) is 0 Å². The maximum atomic E-state index is 6.32. The highest BCUT2D eigenvalue weighted by molar-refractivity contribution is 5.87. The number of fused-ring (bicyclic) bond motifs is 3. The number of hydrogen-bond acceptors (Lipinski definition) is 2. The van der Waals surface area contributed by atoms with Crippen LogP contribution < -0.4 is 11.5 Å². The molecule has 4 N–H and O–H groups in total. The van der Waals surface area contributed by atoms with Crippen molar-refractivity contribution in [1.82, 2.24) is 0 Å². The zero-order valence-electron chi connectivity index (χ0n) is 16.7. The third-order valence-electron chi connectivity index (χ3n) is 6.28. The van der Waals surface area contributed by atoms with Crippen LogP contribution in [-0.2, 0) is 5.41 Å². The molecule has 5 rings (SSSR count). The van der Waals surface area contributed by atoms with Crippen molar-refractivity contribution in [2.45, 2.75) is 19.3 Å². The van der Waals surface area contributed by atoms with Crippen molar-refractivity contribution in [2.75, 3.05) is 11.5 Å². The fraction of sp³-hybridized carbons (Fsp3) is 0.111. The summed E-state index contributed by atoms with van der Waals surface area (Å²) in [5, 5.41) is 0. The molecule has 0 atom stereocenters. The molecule has 1 aliphatic rings. The second kappa shape index (κ2) is 6.25. The Morgan fingerprint density at radius 2 is 0.931 bits per heavy atom. The number of benzene rings is 4. The Morgan fingerprint density at radius 3 is 1.38 bits per heavy atom. The fourth-order valence-electron chi connectivity index (χ4n) is 5.05. The topological polar surface area (TPSA) is 52.0 Å². The third kappa shape index (κ3) is 2.35. The number of anilines is 2. The molecule has 2 heteroatoms. The standard InChI is InChI=1S/C27H24N2/c1-17-11-13-19(28)15-25(17)27(26-16-20(29)14-12-18(26)2)23-9-5-3-7-21(23)22-8-4-6-10-24(22)27/h3-16H,28-29H2,1-2H3. The molecule has 2 nitrogen and oxygen atoms in total. The van der Waals surface area contributed by atoms with Gasteiger partial charge in [0.15, 0.2) is 0 Å². The Hall–Kier alpha value is -3.52. The highest BCUT2D eigenvalue weighted by Gasteiger charge is 2.47. The first-order chi connectivity index (χ1) is 14.0. The number of hydrogen-bond donors (Lipinski definition) is 2. The van der Waals surface area contributed by atoms with Crippen LogP contribution in [-0.4, -0.2) is 0 Å². The predicted molar refractivity (Wildman–Crippen MR) is 122 cm³/mol. The summed E-state index contributed by atoms with van der Waals surface area (Å²) in [6, 6.07) is 29.9. The Morgan fingerprint density at radius 1 is 0.517 bits per heavy atom. The van der Waals surface area contributed by atoms with E-state index in [1.807, 2.05) is 12.1 Å². The predicted octanol–water partition coefficient (Wildman–Crippen LogP) is 5.83. The largest absolute Gasteiger partial charge is 0.399 e. The Kier molecular flexibility index (Phi) is 3.78. The van der Waals surface area contributed by atoms with Crippen molar-refractivity contribution >= 4 is 11.4 Å². The summed E-state index contributed by atoms with van der Waals surface area (Å²) in [7, 11) is 0. The van der Waals surface area contributed by atoms with E-state index < -0.39 is 5.41 Å². The lowest BCUT2D eigenvalue weighted by atomic mass is 9.65. The molecule has 0 heterocycles. The van der Waals surface area contributed by atoms with Crippen LogP contribution in [0.4, 0.5) is 11.4 Å². The van der Waals surface area contributed by atoms with Gasteiger partial charge in [-0.05, 0) is 82.6 Å². The van der Waals surface area contributed by atoms with Gasteiger partial charge in [0.05, 0.1) is 5.41 Å². The van der Waals surface area contributed by atoms with Crippen molar-refractivity contribution < 1.29 is 0 Å². The SMILES string of the molecule is Cc1ccc(N)cc1C1(c2cc(N)ccc2C)c2ccccc2-c2ccccc21. The molecule has 0 saturated heterocycles. The number of aryl methyl sites for hydroxylation is 2. The van der Waals surface area contributed by atoms with Crippen molar-refractivity contribution in [2.24, 2.45) is 0 Å². The second-order valence-electron chi connectivity index (χ2n) is 7.99. The highest BCUT2D eigenvalue weighted by atomic mass is 14.6. The minimum absolute atomic E-state index is 0.452. The zero-order valence-corrected chi connectivity index (χ0v) is 16.7. The van der Waals surface area contributed by atoms with Crippen molar-refractivity contribution in [3.05, 3.63) is 118 Å². The number of nitrogen functional groups attached to an aromatic ring is 2. The van der Waals surface area contributed by atoms with E-state index in [-0.39, 0.29) is 0 Å². The minimum Gasteiger partial charge on any atom is -0.399 e. The fourth-order valence-corrected chi connectivity index (χ4v) is 5.05. The lowest BCUT2D eigenvalue weighted by Crippen LogP contribution is -2.30. The molecule has 0 spiro atoms. The van der Waals surface area contributed by atoms with Gasteiger partial charge in [-0.15, -0.1) is 0 Å². The van der Waals surface area contributed by atoms with Crippen molar-refractivity contribution in [3.63, 3.8) is 0 Å². The van der Waals surface area contributed by atoms with E-state index in [0.717, 1.165) is 11.4 Å². The first-order valence-corrected chi connectivity index (χ1v) is 9.96. The summed E-state index contributed by atoms with van der Waals surface area (Å²) in [5.41, 5.74) is 23.7. The smallest absolute Gasteiger partial charge is 0.0720 e. The molecule has 0 radical (unpaired) electrons. The van der Waals surface area contributed by atoms with E-state index in [0.29, 0.717) is 0 Å². The Bertz CT molecular complexity index is 1150. The van der Waals surface area contributed by atoms with Gasteiger partial charge in [-0.2, -0.15) is 0 Å². The maximum Gasteiger partial charge on any atom is 0.0720 e. The first kappa shape index (κ1) is 17.6. The molecule has 0 aromatic heterocycles. The average molecular weight is 377 g/mol. The Balaban J connectivity index is 2.04. The lowest BCUT2D eigenvalue weighted by Gasteiger charge is -2.36. The van der Waals surface area contributed by atoms with Gasteiger partial charge in [0, 0.05) is 11.4 Å². The van der Waals surface area contributed by atoms with Crippen LogP contribution in [0.15, 0.2) is 84.9 Å². The molecule has 4 aromatic rings. The highest BCUT2D eigenvalue weighted by Crippen LogP contribution is 2.57. The molecule has 142 valence electrons. The molecule has 1 aliphatic carbocycles. The zero-order chi connectivity index (χ0) is 20.2. The summed E-state index contributed by atoms with van der Waals surface area (Å²) >= 11 is 0. The van der Waals surface area contributed by atoms with Crippen LogP contribution in [0.3, 0.4) is 0 Å².